The molecule has 1 aliphatic heterocycles. The highest BCUT2D eigenvalue weighted by molar-refractivity contribution is 5.88. The Hall–Kier alpha value is -2.99. The van der Waals surface area contributed by atoms with Crippen molar-refractivity contribution < 1.29 is 19.0 Å². The largest absolute Gasteiger partial charge is 0.491 e. The van der Waals surface area contributed by atoms with E-state index in [0.717, 1.165) is 29.8 Å². The molecular formula is C27H29FN2O3. The fourth-order valence-electron chi connectivity index (χ4n) is 5.36. The van der Waals surface area contributed by atoms with E-state index in [2.05, 4.69) is 17.1 Å². The summed E-state index contributed by atoms with van der Waals surface area (Å²) in [4.78, 5) is 17.5. The summed E-state index contributed by atoms with van der Waals surface area (Å²) in [6.07, 6.45) is 5.81. The van der Waals surface area contributed by atoms with Gasteiger partial charge in [0.25, 0.3) is 0 Å². The summed E-state index contributed by atoms with van der Waals surface area (Å²) in [5.74, 6) is 0.604. The molecule has 1 N–H and O–H groups in total. The Bertz CT molecular complexity index is 1160. The smallest absolute Gasteiger partial charge is 0.166 e. The maximum absolute atomic E-state index is 14.7. The van der Waals surface area contributed by atoms with E-state index in [1.165, 1.54) is 11.6 Å². The minimum atomic E-state index is -1.37. The standard InChI is InChI=1S/C27H29FN2O3/c1-17(2)33-20-8-6-18(7-9-20)19-10-12-27(32,13-11-19)25(31)14-23-26-21(4-3-5-22(26)28)24-15-29-16-30(23)24/h3-9,15-17,19,23,32H,10-14H2,1-2H3. The number of carbonyl (C=O) groups excluding carboxylic acids is 1. The fraction of sp³-hybridized carbons (Fsp3) is 0.407. The number of carbonyl (C=O) groups is 1. The van der Waals surface area contributed by atoms with Crippen molar-refractivity contribution in [2.45, 2.75) is 69.6 Å². The van der Waals surface area contributed by atoms with Gasteiger partial charge in [-0.05, 0) is 69.2 Å². The van der Waals surface area contributed by atoms with E-state index in [-0.39, 0.29) is 24.1 Å². The Labute approximate surface area is 193 Å². The summed E-state index contributed by atoms with van der Waals surface area (Å²) >= 11 is 0. The molecule has 1 fully saturated rings. The molecule has 1 atom stereocenters. The molecule has 3 aromatic rings. The molecule has 2 aromatic carbocycles. The second-order valence-electron chi connectivity index (χ2n) is 9.57. The monoisotopic (exact) mass is 448 g/mol. The first kappa shape index (κ1) is 21.8. The first-order valence-corrected chi connectivity index (χ1v) is 11.7. The third kappa shape index (κ3) is 3.97. The van der Waals surface area contributed by atoms with Crippen molar-refractivity contribution in [2.24, 2.45) is 0 Å². The summed E-state index contributed by atoms with van der Waals surface area (Å²) < 4.78 is 22.3. The van der Waals surface area contributed by atoms with Crippen molar-refractivity contribution in [3.63, 3.8) is 0 Å². The van der Waals surface area contributed by atoms with Crippen molar-refractivity contribution in [2.75, 3.05) is 0 Å². The van der Waals surface area contributed by atoms with E-state index in [4.69, 9.17) is 4.74 Å². The minimum absolute atomic E-state index is 0.0553. The van der Waals surface area contributed by atoms with Crippen LogP contribution in [0.15, 0.2) is 55.0 Å². The number of aliphatic hydroxyl groups is 1. The lowest BCUT2D eigenvalue weighted by Crippen LogP contribution is -2.42. The van der Waals surface area contributed by atoms with Crippen LogP contribution in [-0.4, -0.2) is 32.1 Å². The van der Waals surface area contributed by atoms with Crippen LogP contribution in [0.25, 0.3) is 11.3 Å². The predicted octanol–water partition coefficient (Wildman–Crippen LogP) is 5.43. The number of nitrogens with zero attached hydrogens (tertiary/aromatic N) is 2. The quantitative estimate of drug-likeness (QED) is 0.546. The zero-order chi connectivity index (χ0) is 23.2. The second kappa shape index (κ2) is 8.41. The Kier molecular flexibility index (Phi) is 5.57. The lowest BCUT2D eigenvalue weighted by molar-refractivity contribution is -0.141. The number of benzene rings is 2. The van der Waals surface area contributed by atoms with Crippen LogP contribution >= 0.6 is 0 Å². The molecule has 0 radical (unpaired) electrons. The third-order valence-corrected chi connectivity index (χ3v) is 7.10. The average molecular weight is 449 g/mol. The number of halogens is 1. The molecule has 1 saturated carbocycles. The highest BCUT2D eigenvalue weighted by Gasteiger charge is 2.42. The summed E-state index contributed by atoms with van der Waals surface area (Å²) in [6, 6.07) is 12.6. The van der Waals surface area contributed by atoms with Gasteiger partial charge in [0, 0.05) is 17.5 Å². The SMILES string of the molecule is CC(C)Oc1ccc(C2CCC(O)(C(=O)CC3c4c(F)cccc4-c4cncn43)CC2)cc1. The molecule has 6 heteroatoms. The molecule has 1 aromatic heterocycles. The molecular weight excluding hydrogens is 419 g/mol. The van der Waals surface area contributed by atoms with Gasteiger partial charge in [0.2, 0.25) is 0 Å². The Balaban J connectivity index is 1.28. The highest BCUT2D eigenvalue weighted by Crippen LogP contribution is 2.45. The van der Waals surface area contributed by atoms with Gasteiger partial charge < -0.3 is 14.4 Å². The van der Waals surface area contributed by atoms with Gasteiger partial charge in [0.05, 0.1) is 30.4 Å². The molecule has 2 heterocycles. The molecule has 172 valence electrons. The lowest BCUT2D eigenvalue weighted by Gasteiger charge is -2.36. The van der Waals surface area contributed by atoms with Crippen molar-refractivity contribution in [3.8, 4) is 17.0 Å². The number of aromatic nitrogens is 2. The van der Waals surface area contributed by atoms with E-state index in [0.29, 0.717) is 24.3 Å². The van der Waals surface area contributed by atoms with Crippen molar-refractivity contribution in [3.05, 3.63) is 71.9 Å². The number of ether oxygens (including phenoxy) is 1. The number of hydrogen-bond acceptors (Lipinski definition) is 4. The van der Waals surface area contributed by atoms with E-state index >= 15 is 0 Å². The third-order valence-electron chi connectivity index (χ3n) is 7.10. The van der Waals surface area contributed by atoms with Gasteiger partial charge in [0.1, 0.15) is 17.2 Å². The molecule has 0 spiro atoms. The molecule has 0 amide bonds. The first-order valence-electron chi connectivity index (χ1n) is 11.7. The van der Waals surface area contributed by atoms with Crippen LogP contribution in [0, 0.1) is 5.82 Å². The molecule has 1 aliphatic carbocycles. The summed E-state index contributed by atoms with van der Waals surface area (Å²) in [5, 5.41) is 11.2. The van der Waals surface area contributed by atoms with Gasteiger partial charge in [0.15, 0.2) is 5.78 Å². The summed E-state index contributed by atoms with van der Waals surface area (Å²) in [7, 11) is 0. The van der Waals surface area contributed by atoms with Gasteiger partial charge in [-0.15, -0.1) is 0 Å². The van der Waals surface area contributed by atoms with E-state index in [1.54, 1.807) is 18.6 Å². The van der Waals surface area contributed by atoms with Gasteiger partial charge in [-0.3, -0.25) is 4.79 Å². The van der Waals surface area contributed by atoms with Crippen LogP contribution in [0.1, 0.15) is 69.0 Å². The predicted molar refractivity (Wildman–Crippen MR) is 124 cm³/mol. The molecule has 1 unspecified atom stereocenters. The number of Topliss-reactive ketones (excluding diaryl/α,β-unsaturated/α-hetero) is 1. The van der Waals surface area contributed by atoms with Crippen molar-refractivity contribution in [1.82, 2.24) is 9.55 Å². The van der Waals surface area contributed by atoms with Crippen LogP contribution in [0.3, 0.4) is 0 Å². The molecule has 33 heavy (non-hydrogen) atoms. The highest BCUT2D eigenvalue weighted by atomic mass is 19.1. The summed E-state index contributed by atoms with van der Waals surface area (Å²) in [6.45, 7) is 4.00. The van der Waals surface area contributed by atoms with Crippen molar-refractivity contribution >= 4 is 5.78 Å². The average Bonchev–Trinajstić information content (AvgIpc) is 3.38. The number of fused-ring (bicyclic) bond motifs is 3. The van der Waals surface area contributed by atoms with Gasteiger partial charge in [-0.2, -0.15) is 0 Å². The Morgan fingerprint density at radius 1 is 1.21 bits per heavy atom. The zero-order valence-electron chi connectivity index (χ0n) is 19.0. The molecule has 5 rings (SSSR count). The molecule has 5 nitrogen and oxygen atoms in total. The maximum atomic E-state index is 14.7. The Morgan fingerprint density at radius 2 is 1.94 bits per heavy atom. The maximum Gasteiger partial charge on any atom is 0.166 e. The van der Waals surface area contributed by atoms with Crippen LogP contribution in [0.5, 0.6) is 5.75 Å². The normalized spacial score (nSPS) is 23.9. The molecule has 0 bridgehead atoms. The van der Waals surface area contributed by atoms with Crippen LogP contribution in [0.4, 0.5) is 4.39 Å². The van der Waals surface area contributed by atoms with E-state index < -0.39 is 11.6 Å². The van der Waals surface area contributed by atoms with Crippen molar-refractivity contribution in [1.29, 1.82) is 0 Å². The fourth-order valence-corrected chi connectivity index (χ4v) is 5.36. The number of rotatable bonds is 6. The van der Waals surface area contributed by atoms with E-state index in [1.807, 2.05) is 36.6 Å². The van der Waals surface area contributed by atoms with Gasteiger partial charge in [-0.1, -0.05) is 24.3 Å². The minimum Gasteiger partial charge on any atom is -0.491 e. The molecule has 0 saturated heterocycles. The van der Waals surface area contributed by atoms with Crippen LogP contribution in [-0.2, 0) is 4.79 Å². The van der Waals surface area contributed by atoms with Gasteiger partial charge in [-0.25, -0.2) is 9.37 Å². The second-order valence-corrected chi connectivity index (χ2v) is 9.57. The van der Waals surface area contributed by atoms with Gasteiger partial charge >= 0.3 is 0 Å². The zero-order valence-corrected chi connectivity index (χ0v) is 19.0. The summed E-state index contributed by atoms with van der Waals surface area (Å²) in [5.41, 5.74) is 1.93. The van der Waals surface area contributed by atoms with Crippen LogP contribution < -0.4 is 4.74 Å². The topological polar surface area (TPSA) is 64.3 Å². The molecule has 2 aliphatic rings. The first-order chi connectivity index (χ1) is 15.9. The van der Waals surface area contributed by atoms with Crippen LogP contribution in [0.2, 0.25) is 0 Å². The Morgan fingerprint density at radius 3 is 2.64 bits per heavy atom. The number of hydrogen-bond donors (Lipinski definition) is 1. The van der Waals surface area contributed by atoms with E-state index in [9.17, 15) is 14.3 Å². The number of imidazole rings is 1. The number of ketones is 1. The lowest BCUT2D eigenvalue weighted by atomic mass is 9.73.